The quantitative estimate of drug-likeness (QED) is 0.444. The monoisotopic (exact) mass is 451 g/mol. The van der Waals surface area contributed by atoms with E-state index in [2.05, 4.69) is 11.1 Å². The van der Waals surface area contributed by atoms with Gasteiger partial charge in [0.25, 0.3) is 0 Å². The summed E-state index contributed by atoms with van der Waals surface area (Å²) >= 11 is 6.16. The molecule has 0 fully saturated rings. The van der Waals surface area contributed by atoms with Crippen LogP contribution in [0, 0.1) is 19.7 Å². The van der Waals surface area contributed by atoms with Crippen molar-refractivity contribution >= 4 is 28.7 Å². The first-order chi connectivity index (χ1) is 15.3. The van der Waals surface area contributed by atoms with Crippen LogP contribution in [0.3, 0.4) is 0 Å². The molecule has 4 rings (SSSR count). The van der Waals surface area contributed by atoms with Crippen molar-refractivity contribution in [3.63, 3.8) is 0 Å². The van der Waals surface area contributed by atoms with Gasteiger partial charge in [-0.05, 0) is 80.2 Å². The van der Waals surface area contributed by atoms with Crippen LogP contribution in [0.2, 0.25) is 5.02 Å². The fraction of sp³-hybridized carbons (Fsp3) is 0.231. The van der Waals surface area contributed by atoms with Gasteiger partial charge < -0.3 is 9.84 Å². The third-order valence-electron chi connectivity index (χ3n) is 5.69. The fourth-order valence-corrected chi connectivity index (χ4v) is 4.26. The molecule has 0 saturated heterocycles. The van der Waals surface area contributed by atoms with Gasteiger partial charge in [0.1, 0.15) is 18.2 Å². The molecule has 0 spiro atoms. The van der Waals surface area contributed by atoms with E-state index in [9.17, 15) is 14.3 Å². The molecule has 0 saturated carbocycles. The molecule has 1 aromatic heterocycles. The summed E-state index contributed by atoms with van der Waals surface area (Å²) in [5, 5.41) is 9.80. The second-order valence-corrected chi connectivity index (χ2v) is 8.41. The van der Waals surface area contributed by atoms with E-state index < -0.39 is 5.97 Å². The molecule has 32 heavy (non-hydrogen) atoms. The number of ether oxygens (including phenoxy) is 1. The van der Waals surface area contributed by atoms with Crippen molar-refractivity contribution in [3.05, 3.63) is 93.0 Å². The maximum Gasteiger partial charge on any atom is 0.354 e. The third kappa shape index (κ3) is 4.53. The zero-order chi connectivity index (χ0) is 22.8. The lowest BCUT2D eigenvalue weighted by molar-refractivity contribution is 0.0689. The topological polar surface area (TPSA) is 59.4 Å². The molecule has 1 N–H and O–H groups in total. The summed E-state index contributed by atoms with van der Waals surface area (Å²) in [6, 6.07) is 13.9. The minimum absolute atomic E-state index is 0.0768. The summed E-state index contributed by atoms with van der Waals surface area (Å²) in [7, 11) is 0. The second kappa shape index (κ2) is 9.13. The Labute approximate surface area is 191 Å². The van der Waals surface area contributed by atoms with Gasteiger partial charge in [0.15, 0.2) is 5.69 Å². The predicted molar refractivity (Wildman–Crippen MR) is 124 cm³/mol. The van der Waals surface area contributed by atoms with Gasteiger partial charge in [0.2, 0.25) is 0 Å². The molecular weight excluding hydrogens is 429 g/mol. The van der Waals surface area contributed by atoms with Crippen LogP contribution in [0.25, 0.3) is 11.1 Å². The maximum absolute atomic E-state index is 13.4. The molecule has 164 valence electrons. The zero-order valence-electron chi connectivity index (χ0n) is 17.9. The molecular formula is C26H23ClFNO3. The SMILES string of the molecule is Cc1ccc(OCc2ccc(F)cc2Cl)c(C2=C(c3ccc(C)c(C(=O)O)n3)CCC2)c1. The van der Waals surface area contributed by atoms with Crippen molar-refractivity contribution in [1.82, 2.24) is 4.98 Å². The van der Waals surface area contributed by atoms with Crippen molar-refractivity contribution in [3.8, 4) is 5.75 Å². The van der Waals surface area contributed by atoms with Gasteiger partial charge in [-0.15, -0.1) is 0 Å². The number of rotatable bonds is 6. The van der Waals surface area contributed by atoms with Crippen molar-refractivity contribution in [1.29, 1.82) is 0 Å². The number of aromatic carboxylic acids is 1. The number of aryl methyl sites for hydroxylation is 2. The van der Waals surface area contributed by atoms with E-state index in [-0.39, 0.29) is 18.1 Å². The number of hydrogen-bond acceptors (Lipinski definition) is 3. The average molecular weight is 452 g/mol. The number of allylic oxidation sites excluding steroid dienone is 2. The van der Waals surface area contributed by atoms with E-state index >= 15 is 0 Å². The lowest BCUT2D eigenvalue weighted by Gasteiger charge is -2.16. The van der Waals surface area contributed by atoms with E-state index in [1.54, 1.807) is 19.1 Å². The first-order valence-electron chi connectivity index (χ1n) is 10.4. The Bertz CT molecular complexity index is 1240. The number of pyridine rings is 1. The molecule has 0 bridgehead atoms. The third-order valence-corrected chi connectivity index (χ3v) is 6.04. The van der Waals surface area contributed by atoms with Crippen LogP contribution in [0.4, 0.5) is 4.39 Å². The molecule has 1 aliphatic rings. The predicted octanol–water partition coefficient (Wildman–Crippen LogP) is 6.86. The first kappa shape index (κ1) is 22.0. The van der Waals surface area contributed by atoms with Gasteiger partial charge in [-0.1, -0.05) is 35.4 Å². The molecule has 3 aromatic rings. The summed E-state index contributed by atoms with van der Waals surface area (Å²) in [6.07, 6.45) is 2.63. The molecule has 4 nitrogen and oxygen atoms in total. The minimum atomic E-state index is -1.03. The highest BCUT2D eigenvalue weighted by atomic mass is 35.5. The van der Waals surface area contributed by atoms with Crippen molar-refractivity contribution in [2.45, 2.75) is 39.7 Å². The maximum atomic E-state index is 13.4. The highest BCUT2D eigenvalue weighted by molar-refractivity contribution is 6.31. The van der Waals surface area contributed by atoms with Gasteiger partial charge >= 0.3 is 5.97 Å². The molecule has 0 aliphatic heterocycles. The van der Waals surface area contributed by atoms with E-state index in [1.165, 1.54) is 12.1 Å². The Hall–Kier alpha value is -3.18. The Morgan fingerprint density at radius 3 is 2.62 bits per heavy atom. The number of halogens is 2. The van der Waals surface area contributed by atoms with Gasteiger partial charge in [0.05, 0.1) is 10.7 Å². The Morgan fingerprint density at radius 1 is 1.09 bits per heavy atom. The Balaban J connectivity index is 1.73. The number of carboxylic acids is 1. The summed E-state index contributed by atoms with van der Waals surface area (Å²) in [6.45, 7) is 3.98. The molecule has 0 amide bonds. The molecule has 0 atom stereocenters. The number of carbonyl (C=O) groups is 1. The van der Waals surface area contributed by atoms with Crippen LogP contribution in [-0.4, -0.2) is 16.1 Å². The second-order valence-electron chi connectivity index (χ2n) is 8.00. The minimum Gasteiger partial charge on any atom is -0.488 e. The van der Waals surface area contributed by atoms with Crippen LogP contribution >= 0.6 is 11.6 Å². The van der Waals surface area contributed by atoms with Crippen LogP contribution < -0.4 is 4.74 Å². The number of aromatic nitrogens is 1. The summed E-state index contributed by atoms with van der Waals surface area (Å²) in [5.74, 6) is -0.710. The lowest BCUT2D eigenvalue weighted by atomic mass is 9.97. The molecule has 2 aromatic carbocycles. The highest BCUT2D eigenvalue weighted by Crippen LogP contribution is 2.43. The lowest BCUT2D eigenvalue weighted by Crippen LogP contribution is -2.05. The molecule has 0 radical (unpaired) electrons. The summed E-state index contributed by atoms with van der Waals surface area (Å²) < 4.78 is 19.5. The van der Waals surface area contributed by atoms with E-state index in [0.29, 0.717) is 27.6 Å². The number of nitrogens with zero attached hydrogens (tertiary/aromatic N) is 1. The van der Waals surface area contributed by atoms with Crippen LogP contribution in [0.15, 0.2) is 48.5 Å². The van der Waals surface area contributed by atoms with Gasteiger partial charge in [-0.3, -0.25) is 0 Å². The number of hydrogen-bond donors (Lipinski definition) is 1. The molecule has 1 aliphatic carbocycles. The van der Waals surface area contributed by atoms with Gasteiger partial charge in [0, 0.05) is 11.1 Å². The van der Waals surface area contributed by atoms with E-state index in [0.717, 1.165) is 41.5 Å². The van der Waals surface area contributed by atoms with Crippen molar-refractivity contribution in [2.24, 2.45) is 0 Å². The highest BCUT2D eigenvalue weighted by Gasteiger charge is 2.23. The van der Waals surface area contributed by atoms with Crippen LogP contribution in [0.5, 0.6) is 5.75 Å². The van der Waals surface area contributed by atoms with Gasteiger partial charge in [-0.2, -0.15) is 0 Å². The smallest absolute Gasteiger partial charge is 0.354 e. The molecule has 1 heterocycles. The number of benzene rings is 2. The molecule has 0 unspecified atom stereocenters. The standard InChI is InChI=1S/C26H23ClFNO3/c1-15-6-11-24(32-14-17-8-9-18(28)13-22(17)27)21(12-15)19-4-3-5-20(19)23-10-7-16(2)25(29-23)26(30)31/h6-13H,3-5,14H2,1-2H3,(H,30,31). The van der Waals surface area contributed by atoms with Crippen LogP contribution in [0.1, 0.15) is 57.7 Å². The fourth-order valence-electron chi connectivity index (χ4n) is 4.04. The van der Waals surface area contributed by atoms with Crippen LogP contribution in [-0.2, 0) is 6.61 Å². The normalized spacial score (nSPS) is 13.5. The Kier molecular flexibility index (Phi) is 6.28. The summed E-state index contributed by atoms with van der Waals surface area (Å²) in [5.41, 5.74) is 6.32. The van der Waals surface area contributed by atoms with E-state index in [1.807, 2.05) is 25.1 Å². The first-order valence-corrected chi connectivity index (χ1v) is 10.8. The Morgan fingerprint density at radius 2 is 1.88 bits per heavy atom. The summed E-state index contributed by atoms with van der Waals surface area (Å²) in [4.78, 5) is 16.0. The van der Waals surface area contributed by atoms with Crippen molar-refractivity contribution < 1.29 is 19.0 Å². The van der Waals surface area contributed by atoms with E-state index in [4.69, 9.17) is 16.3 Å². The molecule has 6 heteroatoms. The average Bonchev–Trinajstić information content (AvgIpc) is 3.23. The zero-order valence-corrected chi connectivity index (χ0v) is 18.7. The number of carboxylic acid groups (broad SMARTS) is 1. The van der Waals surface area contributed by atoms with Gasteiger partial charge in [-0.25, -0.2) is 14.2 Å². The largest absolute Gasteiger partial charge is 0.488 e. The van der Waals surface area contributed by atoms with Crippen molar-refractivity contribution in [2.75, 3.05) is 0 Å².